The quantitative estimate of drug-likeness (QED) is 0.518. The van der Waals surface area contributed by atoms with E-state index in [0.717, 1.165) is 53.6 Å². The van der Waals surface area contributed by atoms with Crippen molar-refractivity contribution in [2.75, 3.05) is 19.0 Å². The van der Waals surface area contributed by atoms with Crippen molar-refractivity contribution in [3.05, 3.63) is 29.3 Å². The molecule has 180 valence electrons. The number of hydrogen-bond acceptors (Lipinski definition) is 3. The van der Waals surface area contributed by atoms with Crippen molar-refractivity contribution in [3.63, 3.8) is 0 Å². The number of nitriles is 1. The lowest BCUT2D eigenvalue weighted by molar-refractivity contribution is -0.0728. The zero-order valence-corrected chi connectivity index (χ0v) is 21.3. The van der Waals surface area contributed by atoms with Crippen LogP contribution in [0.15, 0.2) is 18.2 Å². The van der Waals surface area contributed by atoms with Gasteiger partial charge in [-0.3, -0.25) is 0 Å². The van der Waals surface area contributed by atoms with Crippen LogP contribution in [0.2, 0.25) is 0 Å². The van der Waals surface area contributed by atoms with Crippen LogP contribution in [0.5, 0.6) is 0 Å². The molecule has 0 saturated heterocycles. The van der Waals surface area contributed by atoms with E-state index in [1.165, 1.54) is 69.0 Å². The number of hydrogen-bond donors (Lipinski definition) is 1. The van der Waals surface area contributed by atoms with Crippen LogP contribution in [0, 0.1) is 65.1 Å². The van der Waals surface area contributed by atoms with E-state index in [2.05, 4.69) is 38.2 Å². The number of nitrogens with zero attached hydrogens (tertiary/aromatic N) is 1. The third kappa shape index (κ3) is 4.12. The van der Waals surface area contributed by atoms with Crippen molar-refractivity contribution in [3.8, 4) is 6.07 Å². The summed E-state index contributed by atoms with van der Waals surface area (Å²) in [6, 6.07) is 8.82. The molecule has 0 spiro atoms. The number of aryl methyl sites for hydroxylation is 1. The Morgan fingerprint density at radius 1 is 1.09 bits per heavy atom. The minimum absolute atomic E-state index is 0.476. The maximum absolute atomic E-state index is 9.20. The minimum Gasteiger partial charge on any atom is -0.384 e. The molecule has 1 N–H and O–H groups in total. The number of anilines is 1. The van der Waals surface area contributed by atoms with Gasteiger partial charge in [0.25, 0.3) is 0 Å². The van der Waals surface area contributed by atoms with Gasteiger partial charge in [-0.05, 0) is 142 Å². The molecule has 3 unspecified atom stereocenters. The van der Waals surface area contributed by atoms with E-state index in [1.54, 1.807) is 0 Å². The van der Waals surface area contributed by atoms with Crippen molar-refractivity contribution in [1.82, 2.24) is 0 Å². The second kappa shape index (κ2) is 9.26. The Morgan fingerprint density at radius 3 is 2.67 bits per heavy atom. The number of nitrogens with one attached hydrogen (secondary N) is 1. The summed E-state index contributed by atoms with van der Waals surface area (Å²) in [6.07, 6.45) is 12.9. The molecule has 4 aliphatic rings. The summed E-state index contributed by atoms with van der Waals surface area (Å²) in [5.41, 5.74) is 3.62. The first-order valence-corrected chi connectivity index (χ1v) is 13.7. The fraction of sp³-hybridized carbons (Fsp3) is 0.767. The summed E-state index contributed by atoms with van der Waals surface area (Å²) in [6.45, 7) is 8.16. The van der Waals surface area contributed by atoms with Crippen molar-refractivity contribution in [2.24, 2.45) is 46.8 Å². The summed E-state index contributed by atoms with van der Waals surface area (Å²) >= 11 is 0. The number of benzene rings is 1. The summed E-state index contributed by atoms with van der Waals surface area (Å²) < 4.78 is 5.51. The number of rotatable bonds is 5. The van der Waals surface area contributed by atoms with Gasteiger partial charge in [0.2, 0.25) is 0 Å². The van der Waals surface area contributed by atoms with Gasteiger partial charge in [-0.25, -0.2) is 0 Å². The van der Waals surface area contributed by atoms with E-state index in [-0.39, 0.29) is 0 Å². The first-order valence-electron chi connectivity index (χ1n) is 13.7. The predicted octanol–water partition coefficient (Wildman–Crippen LogP) is 7.20. The molecule has 1 aromatic carbocycles. The van der Waals surface area contributed by atoms with Gasteiger partial charge in [0.1, 0.15) is 0 Å². The van der Waals surface area contributed by atoms with E-state index >= 15 is 0 Å². The Labute approximate surface area is 201 Å². The Kier molecular flexibility index (Phi) is 6.51. The summed E-state index contributed by atoms with van der Waals surface area (Å²) in [7, 11) is 1.87. The zero-order valence-electron chi connectivity index (χ0n) is 21.3. The highest BCUT2D eigenvalue weighted by molar-refractivity contribution is 5.54. The lowest BCUT2D eigenvalue weighted by atomic mass is 9.49. The molecule has 3 nitrogen and oxygen atoms in total. The van der Waals surface area contributed by atoms with Crippen LogP contribution < -0.4 is 5.32 Å². The molecule has 0 amide bonds. The molecule has 9 atom stereocenters. The maximum Gasteiger partial charge on any atom is 0.0991 e. The Morgan fingerprint density at radius 2 is 1.91 bits per heavy atom. The molecule has 4 aliphatic carbocycles. The largest absolute Gasteiger partial charge is 0.384 e. The fourth-order valence-corrected chi connectivity index (χ4v) is 9.44. The first kappa shape index (κ1) is 23.2. The topological polar surface area (TPSA) is 45.0 Å². The molecule has 4 fully saturated rings. The molecule has 3 heteroatoms. The minimum atomic E-state index is 0.476. The van der Waals surface area contributed by atoms with Crippen molar-refractivity contribution in [2.45, 2.75) is 84.6 Å². The van der Waals surface area contributed by atoms with Crippen LogP contribution in [0.4, 0.5) is 5.69 Å². The molecular formula is C30H44N2O. The summed E-state index contributed by atoms with van der Waals surface area (Å²) in [4.78, 5) is 0. The molecule has 33 heavy (non-hydrogen) atoms. The zero-order chi connectivity index (χ0) is 23.2. The van der Waals surface area contributed by atoms with Gasteiger partial charge in [0.05, 0.1) is 11.6 Å². The number of ether oxygens (including phenoxy) is 1. The highest BCUT2D eigenvalue weighted by Crippen LogP contribution is 2.65. The lowest BCUT2D eigenvalue weighted by Crippen LogP contribution is -2.50. The molecular weight excluding hydrogens is 404 g/mol. The van der Waals surface area contributed by atoms with Crippen LogP contribution in [0.3, 0.4) is 0 Å². The number of methoxy groups -OCH3 is 1. The monoisotopic (exact) mass is 448 g/mol. The molecule has 4 saturated carbocycles. The van der Waals surface area contributed by atoms with Gasteiger partial charge in [-0.2, -0.15) is 5.26 Å². The molecule has 0 heterocycles. The van der Waals surface area contributed by atoms with Gasteiger partial charge in [0, 0.05) is 25.4 Å². The maximum atomic E-state index is 9.20. The Bertz CT molecular complexity index is 890. The first-order chi connectivity index (χ1) is 15.9. The normalized spacial score (nSPS) is 40.8. The van der Waals surface area contributed by atoms with Crippen LogP contribution in [-0.2, 0) is 4.74 Å². The van der Waals surface area contributed by atoms with Crippen molar-refractivity contribution >= 4 is 5.69 Å². The smallest absolute Gasteiger partial charge is 0.0991 e. The number of fused-ring (bicyclic) bond motifs is 5. The van der Waals surface area contributed by atoms with Gasteiger partial charge in [-0.1, -0.05) is 6.92 Å². The van der Waals surface area contributed by atoms with Crippen LogP contribution in [0.1, 0.15) is 82.8 Å². The third-order valence-corrected chi connectivity index (χ3v) is 10.9. The average Bonchev–Trinajstić information content (AvgIpc) is 3.17. The van der Waals surface area contributed by atoms with Gasteiger partial charge in [0.15, 0.2) is 0 Å². The van der Waals surface area contributed by atoms with E-state index in [0.29, 0.717) is 11.5 Å². The predicted molar refractivity (Wildman–Crippen MR) is 135 cm³/mol. The highest BCUT2D eigenvalue weighted by atomic mass is 16.5. The molecule has 0 aliphatic heterocycles. The van der Waals surface area contributed by atoms with E-state index in [1.807, 2.05) is 19.2 Å². The van der Waals surface area contributed by atoms with Gasteiger partial charge < -0.3 is 10.1 Å². The lowest BCUT2D eigenvalue weighted by Gasteiger charge is -2.57. The van der Waals surface area contributed by atoms with Gasteiger partial charge >= 0.3 is 0 Å². The van der Waals surface area contributed by atoms with Crippen molar-refractivity contribution < 1.29 is 4.74 Å². The summed E-state index contributed by atoms with van der Waals surface area (Å²) in [5, 5.41) is 13.1. The van der Waals surface area contributed by atoms with Crippen molar-refractivity contribution in [1.29, 1.82) is 5.26 Å². The molecule has 5 rings (SSSR count). The van der Waals surface area contributed by atoms with Crippen LogP contribution in [-0.4, -0.2) is 19.8 Å². The second-order valence-electron chi connectivity index (χ2n) is 12.4. The highest BCUT2D eigenvalue weighted by Gasteiger charge is 2.57. The molecule has 1 aromatic rings. The fourth-order valence-electron chi connectivity index (χ4n) is 9.44. The van der Waals surface area contributed by atoms with Crippen LogP contribution >= 0.6 is 0 Å². The average molecular weight is 449 g/mol. The standard InChI is InChI=1S/C30H44N2O/c1-19-15-21(17-31)6-12-29(19)32-20(2)27-10-11-28-26-9-7-23-16-22(18-33-4)5-8-24(23)25(26)13-14-30(27,28)3/h6,12,15,20,22-28,32H,5,7-11,13-14,16,18H2,1-4H3/t20-,22+,23-,24+,25?,26-,27?,28?,30-/m1/s1. The molecule has 0 bridgehead atoms. The van der Waals surface area contributed by atoms with Crippen LogP contribution in [0.25, 0.3) is 0 Å². The SMILES string of the molecule is COC[C@H]1CC[C@@H]2C3CC[C@@]4(C)C(CCC4[C@@H](C)Nc4ccc(C#N)cc4C)[C@@H]3CC[C@@H]2C1. The molecule has 0 radical (unpaired) electrons. The third-order valence-electron chi connectivity index (χ3n) is 10.9. The molecule has 0 aromatic heterocycles. The Hall–Kier alpha value is -1.53. The van der Waals surface area contributed by atoms with E-state index in [4.69, 9.17) is 4.74 Å². The second-order valence-corrected chi connectivity index (χ2v) is 12.4. The Balaban J connectivity index is 1.27. The van der Waals surface area contributed by atoms with Gasteiger partial charge in [-0.15, -0.1) is 0 Å². The van der Waals surface area contributed by atoms with E-state index < -0.39 is 0 Å². The van der Waals surface area contributed by atoms with E-state index in [9.17, 15) is 5.26 Å². The summed E-state index contributed by atoms with van der Waals surface area (Å²) in [5.74, 6) is 6.42.